The summed E-state index contributed by atoms with van der Waals surface area (Å²) in [5, 5.41) is 4.05. The van der Waals surface area contributed by atoms with Crippen molar-refractivity contribution in [3.05, 3.63) is 54.1 Å². The third-order valence-corrected chi connectivity index (χ3v) is 7.18. The fraction of sp³-hybridized carbons (Fsp3) is 0.318. The molecule has 0 saturated carbocycles. The Morgan fingerprint density at radius 3 is 2.66 bits per heavy atom. The van der Waals surface area contributed by atoms with Crippen molar-refractivity contribution in [3.63, 3.8) is 0 Å². The number of nitrogens with one attached hydrogen (secondary N) is 1. The van der Waals surface area contributed by atoms with Gasteiger partial charge in [0.15, 0.2) is 5.82 Å². The standard InChI is InChI=1S/C21H22FN5O2S.CH5N/c1-21(2)20(23)27-17(11-30(21)28)15-9-13(4-5-16(15)22)26-19-18-12(6-7-24-19)8-14(29-3)10-25-18;1-2/h4-10,17H,11H2,1-3H3,(H2,23,27)(H,24,26);2H2,1H3. The number of methoxy groups -OCH3 is 1. The van der Waals surface area contributed by atoms with Crippen LogP contribution in [0.1, 0.15) is 25.5 Å². The zero-order chi connectivity index (χ0) is 23.5. The number of halogens is 1. The smallest absolute Gasteiger partial charge is 0.156 e. The minimum Gasteiger partial charge on any atom is -0.495 e. The maximum Gasteiger partial charge on any atom is 0.156 e. The second-order valence-corrected chi connectivity index (χ2v) is 9.57. The van der Waals surface area contributed by atoms with Gasteiger partial charge in [0.2, 0.25) is 0 Å². The fourth-order valence-corrected chi connectivity index (χ4v) is 4.49. The predicted molar refractivity (Wildman–Crippen MR) is 127 cm³/mol. The molecule has 10 heteroatoms. The molecule has 170 valence electrons. The molecule has 1 aliphatic rings. The summed E-state index contributed by atoms with van der Waals surface area (Å²) in [5.41, 5.74) is 12.1. The lowest BCUT2D eigenvalue weighted by Crippen LogP contribution is -2.47. The summed E-state index contributed by atoms with van der Waals surface area (Å²) >= 11 is 0. The number of ether oxygens (including phenoxy) is 1. The molecule has 1 aliphatic heterocycles. The van der Waals surface area contributed by atoms with Crippen molar-refractivity contribution >= 4 is 39.0 Å². The minimum atomic E-state index is -1.26. The summed E-state index contributed by atoms with van der Waals surface area (Å²) in [5.74, 6) is 1.23. The van der Waals surface area contributed by atoms with Gasteiger partial charge in [-0.05, 0) is 51.2 Å². The molecule has 2 aromatic heterocycles. The Labute approximate surface area is 188 Å². The number of pyridine rings is 2. The van der Waals surface area contributed by atoms with E-state index < -0.39 is 27.4 Å². The molecule has 0 radical (unpaired) electrons. The lowest BCUT2D eigenvalue weighted by Gasteiger charge is -2.31. The number of fused-ring (bicyclic) bond motifs is 1. The van der Waals surface area contributed by atoms with E-state index in [1.807, 2.05) is 12.1 Å². The number of hydrogen-bond acceptors (Lipinski definition) is 8. The summed E-state index contributed by atoms with van der Waals surface area (Å²) in [6.45, 7) is 3.56. The van der Waals surface area contributed by atoms with Crippen LogP contribution in [0.25, 0.3) is 10.9 Å². The maximum absolute atomic E-state index is 14.6. The Morgan fingerprint density at radius 2 is 1.97 bits per heavy atom. The highest BCUT2D eigenvalue weighted by Crippen LogP contribution is 2.33. The van der Waals surface area contributed by atoms with Gasteiger partial charge >= 0.3 is 0 Å². The number of hydrogen-bond donors (Lipinski definition) is 3. The number of anilines is 2. The molecule has 0 saturated heterocycles. The third kappa shape index (κ3) is 4.56. The van der Waals surface area contributed by atoms with Gasteiger partial charge in [0.05, 0.1) is 29.8 Å². The van der Waals surface area contributed by atoms with Gasteiger partial charge in [-0.1, -0.05) is 0 Å². The van der Waals surface area contributed by atoms with Crippen molar-refractivity contribution in [2.24, 2.45) is 16.5 Å². The highest BCUT2D eigenvalue weighted by atomic mass is 32.2. The van der Waals surface area contributed by atoms with Crippen molar-refractivity contribution in [3.8, 4) is 5.75 Å². The van der Waals surface area contributed by atoms with Gasteiger partial charge in [0, 0.05) is 33.6 Å². The number of aliphatic imine (C=N–C) groups is 1. The summed E-state index contributed by atoms with van der Waals surface area (Å²) in [6, 6.07) is 7.71. The van der Waals surface area contributed by atoms with E-state index in [0.29, 0.717) is 28.3 Å². The molecule has 0 spiro atoms. The van der Waals surface area contributed by atoms with Gasteiger partial charge in [-0.15, -0.1) is 0 Å². The van der Waals surface area contributed by atoms with Crippen LogP contribution in [-0.2, 0) is 10.8 Å². The summed E-state index contributed by atoms with van der Waals surface area (Å²) in [7, 11) is 1.82. The van der Waals surface area contributed by atoms with Crippen molar-refractivity contribution in [2.45, 2.75) is 24.6 Å². The predicted octanol–water partition coefficient (Wildman–Crippen LogP) is 3.04. The molecule has 8 nitrogen and oxygen atoms in total. The summed E-state index contributed by atoms with van der Waals surface area (Å²) in [4.78, 5) is 13.2. The van der Waals surface area contributed by atoms with Gasteiger partial charge in [-0.25, -0.2) is 14.4 Å². The number of nitrogens with zero attached hydrogens (tertiary/aromatic N) is 3. The van der Waals surface area contributed by atoms with Crippen LogP contribution >= 0.6 is 0 Å². The largest absolute Gasteiger partial charge is 0.495 e. The second-order valence-electron chi connectivity index (χ2n) is 7.52. The van der Waals surface area contributed by atoms with Crippen LogP contribution in [0.3, 0.4) is 0 Å². The van der Waals surface area contributed by atoms with Gasteiger partial charge in [-0.2, -0.15) is 0 Å². The Bertz CT molecular complexity index is 1180. The molecule has 4 rings (SSSR count). The quantitative estimate of drug-likeness (QED) is 0.548. The number of nitrogens with two attached hydrogens (primary N) is 2. The Balaban J connectivity index is 0.00000141. The zero-order valence-electron chi connectivity index (χ0n) is 18.4. The highest BCUT2D eigenvalue weighted by Gasteiger charge is 2.37. The molecule has 5 N–H and O–H groups in total. The van der Waals surface area contributed by atoms with E-state index in [1.165, 1.54) is 13.1 Å². The molecule has 3 heterocycles. The van der Waals surface area contributed by atoms with Crippen molar-refractivity contribution in [2.75, 3.05) is 25.2 Å². The second kappa shape index (κ2) is 9.58. The lowest BCUT2D eigenvalue weighted by atomic mass is 10.1. The van der Waals surface area contributed by atoms with Gasteiger partial charge in [0.1, 0.15) is 22.9 Å². The molecule has 32 heavy (non-hydrogen) atoms. The number of aromatic nitrogens is 2. The molecule has 2 unspecified atom stereocenters. The monoisotopic (exact) mass is 458 g/mol. The molecular formula is C22H27FN6O2S. The Kier molecular flexibility index (Phi) is 7.05. The van der Waals surface area contributed by atoms with Crippen LogP contribution in [0.4, 0.5) is 15.9 Å². The lowest BCUT2D eigenvalue weighted by molar-refractivity contribution is 0.414. The first-order valence-electron chi connectivity index (χ1n) is 9.95. The van der Waals surface area contributed by atoms with E-state index in [0.717, 1.165) is 5.39 Å². The average Bonchev–Trinajstić information content (AvgIpc) is 2.80. The van der Waals surface area contributed by atoms with Gasteiger partial charge in [-0.3, -0.25) is 9.20 Å². The van der Waals surface area contributed by atoms with E-state index in [2.05, 4.69) is 26.0 Å². The van der Waals surface area contributed by atoms with Crippen molar-refractivity contribution in [1.29, 1.82) is 0 Å². The third-order valence-electron chi connectivity index (χ3n) is 5.22. The van der Waals surface area contributed by atoms with E-state index >= 15 is 0 Å². The Morgan fingerprint density at radius 1 is 1.22 bits per heavy atom. The molecule has 0 aliphatic carbocycles. The first kappa shape index (κ1) is 23.6. The van der Waals surface area contributed by atoms with Crippen LogP contribution in [0.15, 0.2) is 47.7 Å². The van der Waals surface area contributed by atoms with Gasteiger partial charge in [0.25, 0.3) is 0 Å². The minimum absolute atomic E-state index is 0.210. The highest BCUT2D eigenvalue weighted by molar-refractivity contribution is 7.87. The number of rotatable bonds is 4. The van der Waals surface area contributed by atoms with E-state index in [1.54, 1.807) is 45.5 Å². The first-order chi connectivity index (χ1) is 15.3. The van der Waals surface area contributed by atoms with Gasteiger partial charge < -0.3 is 21.5 Å². The van der Waals surface area contributed by atoms with Crippen LogP contribution in [-0.4, -0.2) is 44.7 Å². The zero-order valence-corrected chi connectivity index (χ0v) is 19.2. The maximum atomic E-state index is 14.6. The number of benzene rings is 1. The van der Waals surface area contributed by atoms with Crippen LogP contribution in [0.2, 0.25) is 0 Å². The Hall–Kier alpha value is -3.11. The van der Waals surface area contributed by atoms with Crippen molar-refractivity contribution in [1.82, 2.24) is 9.97 Å². The molecule has 3 aromatic rings. The fourth-order valence-electron chi connectivity index (χ4n) is 3.24. The average molecular weight is 459 g/mol. The molecule has 0 bridgehead atoms. The number of amidine groups is 1. The van der Waals surface area contributed by atoms with Crippen LogP contribution in [0.5, 0.6) is 5.75 Å². The SMILES string of the molecule is CN.COc1cnc2c(Nc3ccc(F)c(C4CS(=O)C(C)(C)C(N)=N4)c3)nccc2c1. The van der Waals surface area contributed by atoms with E-state index in [9.17, 15) is 8.60 Å². The summed E-state index contributed by atoms with van der Waals surface area (Å²) in [6.07, 6.45) is 3.27. The van der Waals surface area contributed by atoms with E-state index in [-0.39, 0.29) is 11.6 Å². The topological polar surface area (TPSA) is 129 Å². The van der Waals surface area contributed by atoms with Crippen molar-refractivity contribution < 1.29 is 13.3 Å². The van der Waals surface area contributed by atoms with E-state index in [4.69, 9.17) is 10.5 Å². The van der Waals surface area contributed by atoms with Crippen LogP contribution < -0.4 is 21.5 Å². The molecule has 0 fully saturated rings. The molecule has 1 aromatic carbocycles. The molecule has 0 amide bonds. The summed E-state index contributed by atoms with van der Waals surface area (Å²) < 4.78 is 31.7. The molecule has 2 atom stereocenters. The molecular weight excluding hydrogens is 431 g/mol. The first-order valence-corrected chi connectivity index (χ1v) is 11.3. The normalized spacial score (nSPS) is 19.5. The van der Waals surface area contributed by atoms with Crippen LogP contribution in [0, 0.1) is 5.82 Å².